The molecule has 2 aromatic carbocycles. The molecule has 2 atom stereocenters. The lowest BCUT2D eigenvalue weighted by Crippen LogP contribution is -2.35. The number of nitrogens with zero attached hydrogens (tertiary/aromatic N) is 1. The number of hydrogen-bond donors (Lipinski definition) is 0. The maximum atomic E-state index is 13.9. The van der Waals surface area contributed by atoms with Gasteiger partial charge in [0.05, 0.1) is 25.9 Å². The Morgan fingerprint density at radius 1 is 0.958 bits per heavy atom. The summed E-state index contributed by atoms with van der Waals surface area (Å²) in [7, 11) is 0. The monoisotopic (exact) mass is 329 g/mol. The Hall–Kier alpha value is -1.75. The lowest BCUT2D eigenvalue weighted by molar-refractivity contribution is -0.0292. The Bertz CT molecular complexity index is 593. The second kappa shape index (κ2) is 8.92. The fourth-order valence-electron chi connectivity index (χ4n) is 2.94. The molecule has 2 aromatic rings. The first-order valence-corrected chi connectivity index (χ1v) is 8.43. The van der Waals surface area contributed by atoms with Crippen LogP contribution in [0, 0.1) is 0 Å². The number of hydrogen-bond acceptors (Lipinski definition) is 3. The standard InChI is InChI=1S/C20H24FNO2/c21-19-12-22(11-17-7-3-1-4-8-17)13-20(24-15-19)16-23-14-18-9-5-2-6-10-18/h1-10,19-20H,11-16H2/t19-,20-/m0/s1. The van der Waals surface area contributed by atoms with Gasteiger partial charge < -0.3 is 9.47 Å². The van der Waals surface area contributed by atoms with Crippen molar-refractivity contribution in [2.75, 3.05) is 26.3 Å². The molecule has 0 bridgehead atoms. The molecular weight excluding hydrogens is 305 g/mol. The molecule has 0 aromatic heterocycles. The van der Waals surface area contributed by atoms with Gasteiger partial charge in [-0.25, -0.2) is 4.39 Å². The van der Waals surface area contributed by atoms with E-state index in [4.69, 9.17) is 9.47 Å². The Morgan fingerprint density at radius 2 is 1.62 bits per heavy atom. The molecule has 0 saturated carbocycles. The minimum Gasteiger partial charge on any atom is -0.374 e. The number of rotatable bonds is 6. The molecule has 1 fully saturated rings. The van der Waals surface area contributed by atoms with Crippen molar-refractivity contribution in [2.45, 2.75) is 25.4 Å². The highest BCUT2D eigenvalue weighted by Crippen LogP contribution is 2.13. The summed E-state index contributed by atoms with van der Waals surface area (Å²) in [5.41, 5.74) is 2.33. The van der Waals surface area contributed by atoms with E-state index in [-0.39, 0.29) is 12.7 Å². The summed E-state index contributed by atoms with van der Waals surface area (Å²) in [6, 6.07) is 20.2. The van der Waals surface area contributed by atoms with Gasteiger partial charge in [0.15, 0.2) is 0 Å². The van der Waals surface area contributed by atoms with Crippen molar-refractivity contribution < 1.29 is 13.9 Å². The minimum atomic E-state index is -0.951. The average Bonchev–Trinajstić information content (AvgIpc) is 2.78. The third kappa shape index (κ3) is 5.41. The van der Waals surface area contributed by atoms with Crippen LogP contribution in [0.1, 0.15) is 11.1 Å². The maximum absolute atomic E-state index is 13.9. The molecule has 0 aliphatic carbocycles. The van der Waals surface area contributed by atoms with Crippen molar-refractivity contribution >= 4 is 0 Å². The Kier molecular flexibility index (Phi) is 6.35. The van der Waals surface area contributed by atoms with Gasteiger partial charge in [-0.05, 0) is 11.1 Å². The lowest BCUT2D eigenvalue weighted by Gasteiger charge is -2.23. The third-order valence-corrected chi connectivity index (χ3v) is 4.10. The fraction of sp³-hybridized carbons (Fsp3) is 0.400. The number of ether oxygens (including phenoxy) is 2. The highest BCUT2D eigenvalue weighted by molar-refractivity contribution is 5.15. The molecule has 0 spiro atoms. The zero-order valence-electron chi connectivity index (χ0n) is 13.8. The second-order valence-electron chi connectivity index (χ2n) is 6.23. The van der Waals surface area contributed by atoms with E-state index in [0.29, 0.717) is 26.3 Å². The Morgan fingerprint density at radius 3 is 2.33 bits per heavy atom. The average molecular weight is 329 g/mol. The zero-order chi connectivity index (χ0) is 16.6. The second-order valence-corrected chi connectivity index (χ2v) is 6.23. The minimum absolute atomic E-state index is 0.0989. The van der Waals surface area contributed by atoms with Gasteiger partial charge in [-0.2, -0.15) is 0 Å². The predicted molar refractivity (Wildman–Crippen MR) is 92.5 cm³/mol. The molecule has 0 radical (unpaired) electrons. The van der Waals surface area contributed by atoms with Crippen LogP contribution in [0.4, 0.5) is 4.39 Å². The van der Waals surface area contributed by atoms with Gasteiger partial charge in [0.2, 0.25) is 0 Å². The summed E-state index contributed by atoms with van der Waals surface area (Å²) in [4.78, 5) is 2.11. The van der Waals surface area contributed by atoms with E-state index in [1.807, 2.05) is 48.5 Å². The van der Waals surface area contributed by atoms with Gasteiger partial charge in [0.1, 0.15) is 6.17 Å². The van der Waals surface area contributed by atoms with Crippen LogP contribution in [0.25, 0.3) is 0 Å². The smallest absolute Gasteiger partial charge is 0.136 e. The first-order chi connectivity index (χ1) is 11.8. The van der Waals surface area contributed by atoms with E-state index >= 15 is 0 Å². The van der Waals surface area contributed by atoms with Crippen molar-refractivity contribution in [1.82, 2.24) is 4.90 Å². The van der Waals surface area contributed by atoms with E-state index in [9.17, 15) is 4.39 Å². The first-order valence-electron chi connectivity index (χ1n) is 8.43. The molecule has 0 unspecified atom stereocenters. The van der Waals surface area contributed by atoms with Crippen LogP contribution in [-0.2, 0) is 22.6 Å². The van der Waals surface area contributed by atoms with Crippen LogP contribution in [0.5, 0.6) is 0 Å². The van der Waals surface area contributed by atoms with E-state index < -0.39 is 6.17 Å². The van der Waals surface area contributed by atoms with Crippen molar-refractivity contribution in [3.8, 4) is 0 Å². The van der Waals surface area contributed by atoms with Crippen molar-refractivity contribution in [1.29, 1.82) is 0 Å². The van der Waals surface area contributed by atoms with E-state index in [1.54, 1.807) is 0 Å². The zero-order valence-corrected chi connectivity index (χ0v) is 13.8. The Labute approximate surface area is 143 Å². The molecular formula is C20H24FNO2. The van der Waals surface area contributed by atoms with Gasteiger partial charge in [-0.1, -0.05) is 60.7 Å². The van der Waals surface area contributed by atoms with Crippen molar-refractivity contribution in [2.24, 2.45) is 0 Å². The topological polar surface area (TPSA) is 21.7 Å². The van der Waals surface area contributed by atoms with Gasteiger partial charge in [0, 0.05) is 19.6 Å². The largest absolute Gasteiger partial charge is 0.374 e. The SMILES string of the molecule is F[C@@H]1CO[C@H](COCc2ccccc2)CN(Cc2ccccc2)C1. The van der Waals surface area contributed by atoms with Crippen LogP contribution in [-0.4, -0.2) is 43.5 Å². The Balaban J connectivity index is 1.51. The van der Waals surface area contributed by atoms with Crippen LogP contribution in [0.3, 0.4) is 0 Å². The quantitative estimate of drug-likeness (QED) is 0.810. The molecule has 1 aliphatic heterocycles. The van der Waals surface area contributed by atoms with Crippen LogP contribution in [0.15, 0.2) is 60.7 Å². The maximum Gasteiger partial charge on any atom is 0.136 e. The fourth-order valence-corrected chi connectivity index (χ4v) is 2.94. The predicted octanol–water partition coefficient (Wildman–Crippen LogP) is 3.44. The molecule has 3 nitrogen and oxygen atoms in total. The van der Waals surface area contributed by atoms with Crippen LogP contribution in [0.2, 0.25) is 0 Å². The summed E-state index contributed by atoms with van der Waals surface area (Å²) >= 11 is 0. The van der Waals surface area contributed by atoms with Gasteiger partial charge in [0.25, 0.3) is 0 Å². The summed E-state index contributed by atoms with van der Waals surface area (Å²) < 4.78 is 25.4. The van der Waals surface area contributed by atoms with E-state index in [1.165, 1.54) is 5.56 Å². The number of benzene rings is 2. The molecule has 1 heterocycles. The molecule has 1 saturated heterocycles. The van der Waals surface area contributed by atoms with Gasteiger partial charge in [-0.15, -0.1) is 0 Å². The third-order valence-electron chi connectivity index (χ3n) is 4.10. The molecule has 0 amide bonds. The van der Waals surface area contributed by atoms with E-state index in [2.05, 4.69) is 17.0 Å². The molecule has 0 N–H and O–H groups in total. The molecule has 1 aliphatic rings. The van der Waals surface area contributed by atoms with Crippen molar-refractivity contribution in [3.63, 3.8) is 0 Å². The molecule has 24 heavy (non-hydrogen) atoms. The number of alkyl halides is 1. The highest BCUT2D eigenvalue weighted by atomic mass is 19.1. The summed E-state index contributed by atoms with van der Waals surface area (Å²) in [6.45, 7) is 3.00. The summed E-state index contributed by atoms with van der Waals surface area (Å²) in [5.74, 6) is 0. The van der Waals surface area contributed by atoms with Gasteiger partial charge >= 0.3 is 0 Å². The lowest BCUT2D eigenvalue weighted by atomic mass is 10.2. The van der Waals surface area contributed by atoms with Crippen LogP contribution < -0.4 is 0 Å². The van der Waals surface area contributed by atoms with Gasteiger partial charge in [-0.3, -0.25) is 4.90 Å². The molecule has 4 heteroatoms. The summed E-state index contributed by atoms with van der Waals surface area (Å²) in [5, 5.41) is 0. The molecule has 128 valence electrons. The molecule has 3 rings (SSSR count). The van der Waals surface area contributed by atoms with Crippen LogP contribution >= 0.6 is 0 Å². The number of halogens is 1. The van der Waals surface area contributed by atoms with Crippen molar-refractivity contribution in [3.05, 3.63) is 71.8 Å². The first kappa shape index (κ1) is 17.1. The van der Waals surface area contributed by atoms with E-state index in [0.717, 1.165) is 12.1 Å². The normalized spacial score (nSPS) is 22.2. The summed E-state index contributed by atoms with van der Waals surface area (Å²) in [6.07, 6.45) is -1.05. The highest BCUT2D eigenvalue weighted by Gasteiger charge is 2.24.